The van der Waals surface area contributed by atoms with Gasteiger partial charge in [-0.2, -0.15) is 0 Å². The SMILES string of the molecule is CCOC(=O)c1ccc(OC(=O)COc2c(C)cc(Br)cc2Br)cc1. The van der Waals surface area contributed by atoms with E-state index in [4.69, 9.17) is 14.2 Å². The van der Waals surface area contributed by atoms with Crippen molar-refractivity contribution < 1.29 is 23.8 Å². The predicted molar refractivity (Wildman–Crippen MR) is 100 cm³/mol. The number of hydrogen-bond donors (Lipinski definition) is 0. The monoisotopic (exact) mass is 470 g/mol. The molecule has 0 aliphatic rings. The minimum absolute atomic E-state index is 0.235. The second-order valence-electron chi connectivity index (χ2n) is 5.04. The van der Waals surface area contributed by atoms with Crippen LogP contribution in [0, 0.1) is 6.92 Å². The van der Waals surface area contributed by atoms with E-state index in [0.717, 1.165) is 14.5 Å². The Kier molecular flexibility index (Phi) is 7.01. The summed E-state index contributed by atoms with van der Waals surface area (Å²) in [5.41, 5.74) is 1.28. The van der Waals surface area contributed by atoms with E-state index in [9.17, 15) is 9.59 Å². The van der Waals surface area contributed by atoms with Gasteiger partial charge in [0.15, 0.2) is 6.61 Å². The zero-order valence-corrected chi connectivity index (χ0v) is 16.8. The second kappa shape index (κ2) is 9.01. The average molecular weight is 472 g/mol. The maximum absolute atomic E-state index is 11.9. The molecular formula is C18H16Br2O5. The number of aryl methyl sites for hydroxylation is 1. The van der Waals surface area contributed by atoms with Crippen LogP contribution in [0.3, 0.4) is 0 Å². The van der Waals surface area contributed by atoms with Crippen LogP contribution in [0.1, 0.15) is 22.8 Å². The van der Waals surface area contributed by atoms with Crippen LogP contribution in [0.5, 0.6) is 11.5 Å². The Balaban J connectivity index is 1.93. The number of carbonyl (C=O) groups excluding carboxylic acids is 2. The molecule has 0 atom stereocenters. The fraction of sp³-hybridized carbons (Fsp3) is 0.222. The molecule has 0 unspecified atom stereocenters. The van der Waals surface area contributed by atoms with Crippen molar-refractivity contribution >= 4 is 43.8 Å². The van der Waals surface area contributed by atoms with Crippen LogP contribution in [0.15, 0.2) is 45.3 Å². The van der Waals surface area contributed by atoms with E-state index in [0.29, 0.717) is 23.7 Å². The van der Waals surface area contributed by atoms with Gasteiger partial charge in [-0.25, -0.2) is 9.59 Å². The fourth-order valence-electron chi connectivity index (χ4n) is 2.04. The van der Waals surface area contributed by atoms with E-state index in [1.165, 1.54) is 24.3 Å². The van der Waals surface area contributed by atoms with Gasteiger partial charge in [0, 0.05) is 4.47 Å². The molecule has 0 aliphatic heterocycles. The molecule has 0 aromatic heterocycles. The molecule has 7 heteroatoms. The maximum atomic E-state index is 11.9. The third-order valence-corrected chi connectivity index (χ3v) is 4.17. The molecular weight excluding hydrogens is 456 g/mol. The van der Waals surface area contributed by atoms with Gasteiger partial charge in [0.2, 0.25) is 0 Å². The minimum atomic E-state index is -0.543. The largest absolute Gasteiger partial charge is 0.480 e. The van der Waals surface area contributed by atoms with Gasteiger partial charge in [0.05, 0.1) is 16.6 Å². The summed E-state index contributed by atoms with van der Waals surface area (Å²) in [6.45, 7) is 3.68. The van der Waals surface area contributed by atoms with Crippen molar-refractivity contribution in [2.45, 2.75) is 13.8 Å². The first-order valence-corrected chi connectivity index (χ1v) is 9.05. The Bertz CT molecular complexity index is 749. The van der Waals surface area contributed by atoms with Crippen LogP contribution < -0.4 is 9.47 Å². The van der Waals surface area contributed by atoms with Crippen molar-refractivity contribution in [2.24, 2.45) is 0 Å². The van der Waals surface area contributed by atoms with Crippen molar-refractivity contribution in [3.63, 3.8) is 0 Å². The predicted octanol–water partition coefficient (Wildman–Crippen LogP) is 4.68. The number of rotatable bonds is 6. The molecule has 0 radical (unpaired) electrons. The lowest BCUT2D eigenvalue weighted by Gasteiger charge is -2.11. The summed E-state index contributed by atoms with van der Waals surface area (Å²) >= 11 is 6.79. The first-order chi connectivity index (χ1) is 11.9. The van der Waals surface area contributed by atoms with Crippen LogP contribution in [0.2, 0.25) is 0 Å². The fourth-order valence-corrected chi connectivity index (χ4v) is 3.59. The Morgan fingerprint density at radius 1 is 1.08 bits per heavy atom. The van der Waals surface area contributed by atoms with E-state index >= 15 is 0 Å². The molecule has 2 aromatic carbocycles. The highest BCUT2D eigenvalue weighted by atomic mass is 79.9. The van der Waals surface area contributed by atoms with Gasteiger partial charge in [0.25, 0.3) is 0 Å². The molecule has 2 rings (SSSR count). The molecule has 5 nitrogen and oxygen atoms in total. The molecule has 25 heavy (non-hydrogen) atoms. The topological polar surface area (TPSA) is 61.8 Å². The van der Waals surface area contributed by atoms with Gasteiger partial charge in [-0.1, -0.05) is 15.9 Å². The van der Waals surface area contributed by atoms with Gasteiger partial charge in [-0.3, -0.25) is 0 Å². The molecule has 0 saturated carbocycles. The summed E-state index contributed by atoms with van der Waals surface area (Å²) in [7, 11) is 0. The van der Waals surface area contributed by atoms with Crippen LogP contribution in [0.25, 0.3) is 0 Å². The molecule has 2 aromatic rings. The number of halogens is 2. The average Bonchev–Trinajstić information content (AvgIpc) is 2.54. The van der Waals surface area contributed by atoms with E-state index < -0.39 is 11.9 Å². The number of hydrogen-bond acceptors (Lipinski definition) is 5. The van der Waals surface area contributed by atoms with Crippen molar-refractivity contribution in [2.75, 3.05) is 13.2 Å². The van der Waals surface area contributed by atoms with Crippen LogP contribution in [0.4, 0.5) is 0 Å². The number of esters is 2. The van der Waals surface area contributed by atoms with E-state index in [-0.39, 0.29) is 6.61 Å². The molecule has 132 valence electrons. The second-order valence-corrected chi connectivity index (χ2v) is 6.81. The van der Waals surface area contributed by atoms with Gasteiger partial charge in [-0.05, 0) is 71.7 Å². The summed E-state index contributed by atoms with van der Waals surface area (Å²) in [5, 5.41) is 0. The Morgan fingerprint density at radius 2 is 1.76 bits per heavy atom. The normalized spacial score (nSPS) is 10.2. The molecule has 0 aliphatic carbocycles. The third-order valence-electron chi connectivity index (χ3n) is 3.13. The molecule has 0 fully saturated rings. The molecule has 0 N–H and O–H groups in total. The van der Waals surface area contributed by atoms with Gasteiger partial charge in [-0.15, -0.1) is 0 Å². The lowest BCUT2D eigenvalue weighted by molar-refractivity contribution is -0.136. The summed E-state index contributed by atoms with van der Waals surface area (Å²) in [6, 6.07) is 9.87. The minimum Gasteiger partial charge on any atom is -0.480 e. The lowest BCUT2D eigenvalue weighted by Crippen LogP contribution is -2.18. The first kappa shape index (κ1) is 19.5. The number of carbonyl (C=O) groups is 2. The molecule has 0 bridgehead atoms. The highest BCUT2D eigenvalue weighted by Gasteiger charge is 2.12. The smallest absolute Gasteiger partial charge is 0.349 e. The molecule has 0 heterocycles. The molecule has 0 saturated heterocycles. The first-order valence-electron chi connectivity index (χ1n) is 7.47. The van der Waals surface area contributed by atoms with Crippen molar-refractivity contribution in [1.82, 2.24) is 0 Å². The zero-order valence-electron chi connectivity index (χ0n) is 13.7. The Hall–Kier alpha value is -1.86. The molecule has 0 amide bonds. The number of ether oxygens (including phenoxy) is 3. The quantitative estimate of drug-likeness (QED) is 0.452. The van der Waals surface area contributed by atoms with Gasteiger partial charge < -0.3 is 14.2 Å². The van der Waals surface area contributed by atoms with Crippen molar-refractivity contribution in [3.05, 3.63) is 56.5 Å². The Morgan fingerprint density at radius 3 is 2.36 bits per heavy atom. The highest BCUT2D eigenvalue weighted by molar-refractivity contribution is 9.11. The van der Waals surface area contributed by atoms with E-state index in [2.05, 4.69) is 31.9 Å². The number of benzene rings is 2. The van der Waals surface area contributed by atoms with E-state index in [1.807, 2.05) is 19.1 Å². The summed E-state index contributed by atoms with van der Waals surface area (Å²) in [5.74, 6) is -0.0524. The summed E-state index contributed by atoms with van der Waals surface area (Å²) in [6.07, 6.45) is 0. The Labute approximate surface area is 162 Å². The van der Waals surface area contributed by atoms with Crippen molar-refractivity contribution in [3.8, 4) is 11.5 Å². The van der Waals surface area contributed by atoms with Gasteiger partial charge >= 0.3 is 11.9 Å². The maximum Gasteiger partial charge on any atom is 0.349 e. The van der Waals surface area contributed by atoms with E-state index in [1.54, 1.807) is 6.92 Å². The van der Waals surface area contributed by atoms with Crippen LogP contribution >= 0.6 is 31.9 Å². The third kappa shape index (κ3) is 5.57. The standard InChI is InChI=1S/C18H16Br2O5/c1-3-23-18(22)12-4-6-14(7-5-12)25-16(21)10-24-17-11(2)8-13(19)9-15(17)20/h4-9H,3,10H2,1-2H3. The highest BCUT2D eigenvalue weighted by Crippen LogP contribution is 2.32. The van der Waals surface area contributed by atoms with Crippen LogP contribution in [-0.4, -0.2) is 25.2 Å². The van der Waals surface area contributed by atoms with Gasteiger partial charge in [0.1, 0.15) is 11.5 Å². The zero-order chi connectivity index (χ0) is 18.4. The van der Waals surface area contributed by atoms with Crippen molar-refractivity contribution in [1.29, 1.82) is 0 Å². The molecule has 0 spiro atoms. The lowest BCUT2D eigenvalue weighted by atomic mass is 10.2. The summed E-state index contributed by atoms with van der Waals surface area (Å²) < 4.78 is 17.3. The summed E-state index contributed by atoms with van der Waals surface area (Å²) in [4.78, 5) is 23.5. The van der Waals surface area contributed by atoms with Crippen LogP contribution in [-0.2, 0) is 9.53 Å².